The second-order valence-corrected chi connectivity index (χ2v) is 8.13. The molecule has 0 aliphatic heterocycles. The number of benzene rings is 1. The van der Waals surface area contributed by atoms with Crippen molar-refractivity contribution in [1.29, 1.82) is 0 Å². The maximum Gasteiger partial charge on any atom is 0.461 e. The summed E-state index contributed by atoms with van der Waals surface area (Å²) in [5.41, 5.74) is -0.206. The highest BCUT2D eigenvalue weighted by atomic mass is 32.2. The second kappa shape index (κ2) is 8.31. The molecule has 0 unspecified atom stereocenters. The van der Waals surface area contributed by atoms with Gasteiger partial charge in [-0.3, -0.25) is 4.98 Å². The van der Waals surface area contributed by atoms with Gasteiger partial charge in [0.1, 0.15) is 5.01 Å². The number of anilines is 1. The predicted octanol–water partition coefficient (Wildman–Crippen LogP) is 6.65. The molecule has 2 heterocycles. The molecule has 0 amide bonds. The summed E-state index contributed by atoms with van der Waals surface area (Å²) in [6.07, 6.45) is 2.71. The van der Waals surface area contributed by atoms with Gasteiger partial charge in [-0.25, -0.2) is 4.98 Å². The van der Waals surface area contributed by atoms with Crippen LogP contribution in [0.15, 0.2) is 48.0 Å². The Hall–Kier alpha value is -2.06. The van der Waals surface area contributed by atoms with Gasteiger partial charge in [-0.05, 0) is 36.6 Å². The van der Waals surface area contributed by atoms with Crippen LogP contribution in [-0.2, 0) is 6.42 Å². The topological polar surface area (TPSA) is 37.8 Å². The zero-order valence-corrected chi connectivity index (χ0v) is 16.4. The molecule has 142 valence electrons. The summed E-state index contributed by atoms with van der Waals surface area (Å²) in [6.45, 7) is 4.31. The molecule has 0 aliphatic rings. The number of aromatic nitrogens is 2. The van der Waals surface area contributed by atoms with Gasteiger partial charge in [0, 0.05) is 34.1 Å². The number of hydrogen-bond acceptors (Lipinski definition) is 5. The van der Waals surface area contributed by atoms with E-state index in [0.717, 1.165) is 33.9 Å². The number of nitrogens with one attached hydrogen (secondary N) is 1. The van der Waals surface area contributed by atoms with Crippen molar-refractivity contribution < 1.29 is 13.2 Å². The Kier molecular flexibility index (Phi) is 6.06. The van der Waals surface area contributed by atoms with E-state index in [1.54, 1.807) is 30.5 Å². The third kappa shape index (κ3) is 5.71. The van der Waals surface area contributed by atoms with Gasteiger partial charge < -0.3 is 4.72 Å². The average Bonchev–Trinajstić information content (AvgIpc) is 3.10. The second-order valence-electron chi connectivity index (χ2n) is 6.40. The van der Waals surface area contributed by atoms with E-state index in [4.69, 9.17) is 0 Å². The lowest BCUT2D eigenvalue weighted by molar-refractivity contribution is -0.0323. The number of nitrogens with zero attached hydrogens (tertiary/aromatic N) is 2. The maximum absolute atomic E-state index is 12.2. The predicted molar refractivity (Wildman–Crippen MR) is 107 cm³/mol. The lowest BCUT2D eigenvalue weighted by atomic mass is 10.1. The maximum atomic E-state index is 12.2. The Balaban J connectivity index is 1.74. The van der Waals surface area contributed by atoms with Crippen molar-refractivity contribution in [1.82, 2.24) is 9.97 Å². The summed E-state index contributed by atoms with van der Waals surface area (Å²) >= 11 is 1.26. The highest BCUT2D eigenvalue weighted by Gasteiger charge is 2.28. The van der Waals surface area contributed by atoms with E-state index in [1.807, 2.05) is 11.4 Å². The van der Waals surface area contributed by atoms with Crippen LogP contribution >= 0.6 is 23.3 Å². The Morgan fingerprint density at radius 2 is 1.85 bits per heavy atom. The molecule has 0 atom stereocenters. The molecule has 0 fully saturated rings. The van der Waals surface area contributed by atoms with Crippen molar-refractivity contribution in [3.05, 3.63) is 53.7 Å². The largest absolute Gasteiger partial charge is 0.461 e. The van der Waals surface area contributed by atoms with E-state index >= 15 is 0 Å². The zero-order chi connectivity index (χ0) is 19.4. The van der Waals surface area contributed by atoms with Crippen LogP contribution in [0, 0.1) is 5.92 Å². The van der Waals surface area contributed by atoms with Gasteiger partial charge >= 0.3 is 5.51 Å². The van der Waals surface area contributed by atoms with Crippen LogP contribution in [-0.4, -0.2) is 15.5 Å². The minimum absolute atomic E-state index is 0.274. The Morgan fingerprint density at radius 1 is 1.11 bits per heavy atom. The molecule has 0 bridgehead atoms. The van der Waals surface area contributed by atoms with Gasteiger partial charge in [0.25, 0.3) is 0 Å². The minimum Gasteiger partial charge on any atom is -0.323 e. The van der Waals surface area contributed by atoms with Gasteiger partial charge in [0.15, 0.2) is 0 Å². The van der Waals surface area contributed by atoms with E-state index in [-0.39, 0.29) is 11.9 Å². The van der Waals surface area contributed by atoms with E-state index in [0.29, 0.717) is 11.6 Å². The van der Waals surface area contributed by atoms with E-state index in [1.165, 1.54) is 11.3 Å². The molecule has 0 spiro atoms. The lowest BCUT2D eigenvalue weighted by Crippen LogP contribution is -2.04. The number of rotatable bonds is 6. The molecule has 0 radical (unpaired) electrons. The molecule has 3 nitrogen and oxygen atoms in total. The number of alkyl halides is 3. The molecule has 3 aromatic rings. The van der Waals surface area contributed by atoms with Crippen molar-refractivity contribution in [3.63, 3.8) is 0 Å². The highest BCUT2D eigenvalue weighted by molar-refractivity contribution is 8.01. The van der Waals surface area contributed by atoms with Gasteiger partial charge in [-0.1, -0.05) is 26.0 Å². The number of pyridine rings is 1. The number of halogens is 3. The summed E-state index contributed by atoms with van der Waals surface area (Å²) in [4.78, 5) is 9.07. The first kappa shape index (κ1) is 19.7. The van der Waals surface area contributed by atoms with Crippen molar-refractivity contribution in [2.75, 3.05) is 4.72 Å². The number of hydrogen-bond donors (Lipinski definition) is 1. The molecule has 1 N–H and O–H groups in total. The molecule has 3 rings (SSSR count). The summed E-state index contributed by atoms with van der Waals surface area (Å²) in [7, 11) is 0. The lowest BCUT2D eigenvalue weighted by Gasteiger charge is -2.08. The van der Waals surface area contributed by atoms with Crippen molar-refractivity contribution in [2.45, 2.75) is 25.8 Å². The molecule has 0 aliphatic carbocycles. The van der Waals surface area contributed by atoms with Crippen molar-refractivity contribution in [3.8, 4) is 21.8 Å². The van der Waals surface area contributed by atoms with Gasteiger partial charge in [0.2, 0.25) is 0 Å². The first-order valence-electron chi connectivity index (χ1n) is 8.32. The first-order chi connectivity index (χ1) is 12.8. The number of thiazole rings is 1. The van der Waals surface area contributed by atoms with E-state index < -0.39 is 5.51 Å². The zero-order valence-electron chi connectivity index (χ0n) is 14.7. The van der Waals surface area contributed by atoms with Gasteiger partial charge in [0.05, 0.1) is 17.6 Å². The van der Waals surface area contributed by atoms with E-state index in [2.05, 4.69) is 34.6 Å². The van der Waals surface area contributed by atoms with Crippen molar-refractivity contribution in [2.24, 2.45) is 5.92 Å². The quantitative estimate of drug-likeness (QED) is 0.463. The van der Waals surface area contributed by atoms with Crippen molar-refractivity contribution >= 4 is 29.0 Å². The SMILES string of the molecule is CC(C)Cc1cc(-c2nc(-c3ccc(NSC(F)(F)F)cc3)cs2)ccn1. The molecular formula is C19H18F3N3S2. The monoisotopic (exact) mass is 409 g/mol. The molecule has 2 aromatic heterocycles. The Labute approximate surface area is 164 Å². The fraction of sp³-hybridized carbons (Fsp3) is 0.263. The van der Waals surface area contributed by atoms with Crippen LogP contribution < -0.4 is 4.72 Å². The third-order valence-electron chi connectivity index (χ3n) is 3.65. The first-order valence-corrected chi connectivity index (χ1v) is 10.0. The third-order valence-corrected chi connectivity index (χ3v) is 5.11. The molecule has 8 heteroatoms. The average molecular weight is 410 g/mol. The normalized spacial score (nSPS) is 11.8. The Morgan fingerprint density at radius 3 is 2.52 bits per heavy atom. The fourth-order valence-corrected chi connectivity index (χ4v) is 3.70. The van der Waals surface area contributed by atoms with E-state index in [9.17, 15) is 13.2 Å². The smallest absolute Gasteiger partial charge is 0.323 e. The summed E-state index contributed by atoms with van der Waals surface area (Å²) in [5, 5.41) is 2.84. The molecule has 0 saturated carbocycles. The summed E-state index contributed by atoms with van der Waals surface area (Å²) in [6, 6.07) is 10.7. The highest BCUT2D eigenvalue weighted by Crippen LogP contribution is 2.33. The van der Waals surface area contributed by atoms with Gasteiger partial charge in [-0.15, -0.1) is 11.3 Å². The van der Waals surface area contributed by atoms with Crippen LogP contribution in [0.3, 0.4) is 0 Å². The molecule has 0 saturated heterocycles. The van der Waals surface area contributed by atoms with Crippen LogP contribution in [0.5, 0.6) is 0 Å². The molecule has 1 aromatic carbocycles. The van der Waals surface area contributed by atoms with Crippen LogP contribution in [0.25, 0.3) is 21.8 Å². The van der Waals surface area contributed by atoms with Gasteiger partial charge in [-0.2, -0.15) is 13.2 Å². The minimum atomic E-state index is -4.32. The summed E-state index contributed by atoms with van der Waals surface area (Å²) in [5.74, 6) is 0.530. The standard InChI is InChI=1S/C19H18F3N3S2/c1-12(2)9-16-10-14(7-8-23-16)18-24-17(11-26-18)13-3-5-15(6-4-13)25-27-19(20,21)22/h3-8,10-12,25H,9H2,1-2H3. The molecular weight excluding hydrogens is 391 g/mol. The van der Waals surface area contributed by atoms with Crippen LogP contribution in [0.2, 0.25) is 0 Å². The van der Waals surface area contributed by atoms with Crippen LogP contribution in [0.4, 0.5) is 18.9 Å². The van der Waals surface area contributed by atoms with Crippen LogP contribution in [0.1, 0.15) is 19.5 Å². The summed E-state index contributed by atoms with van der Waals surface area (Å²) < 4.78 is 39.0. The molecule has 27 heavy (non-hydrogen) atoms. The Bertz CT molecular complexity index is 890. The fourth-order valence-electron chi connectivity index (χ4n) is 2.51.